The predicted molar refractivity (Wildman–Crippen MR) is 109 cm³/mol. The van der Waals surface area contributed by atoms with Crippen molar-refractivity contribution >= 4 is 16.9 Å². The molecule has 0 bridgehead atoms. The standard InChI is InChI=1S/C24H31NO2/c1-27-23(26)16-19-15-22(18-11-6-3-7-12-18)25-24-20(13-8-14-21(19)24)17-9-4-2-5-10-17/h8,13-15,17-18H,2-7,9-12,16H2,1H3. The van der Waals surface area contributed by atoms with Crippen molar-refractivity contribution in [1.82, 2.24) is 4.98 Å². The molecule has 0 radical (unpaired) electrons. The van der Waals surface area contributed by atoms with E-state index < -0.39 is 0 Å². The van der Waals surface area contributed by atoms with Gasteiger partial charge in [0.05, 0.1) is 19.0 Å². The number of fused-ring (bicyclic) bond motifs is 1. The van der Waals surface area contributed by atoms with E-state index in [4.69, 9.17) is 9.72 Å². The number of aromatic nitrogens is 1. The van der Waals surface area contributed by atoms with Crippen LogP contribution in [0.4, 0.5) is 0 Å². The van der Waals surface area contributed by atoms with Crippen molar-refractivity contribution in [2.24, 2.45) is 0 Å². The van der Waals surface area contributed by atoms with Gasteiger partial charge in [-0.25, -0.2) is 0 Å². The lowest BCUT2D eigenvalue weighted by molar-refractivity contribution is -0.139. The Morgan fingerprint density at radius 1 is 1.00 bits per heavy atom. The number of ether oxygens (including phenoxy) is 1. The summed E-state index contributed by atoms with van der Waals surface area (Å²) in [5.74, 6) is 0.988. The van der Waals surface area contributed by atoms with Gasteiger partial charge in [0.1, 0.15) is 0 Å². The number of hydrogen-bond donors (Lipinski definition) is 0. The van der Waals surface area contributed by atoms with Gasteiger partial charge >= 0.3 is 5.97 Å². The second-order valence-electron chi connectivity index (χ2n) is 8.37. The number of carbonyl (C=O) groups is 1. The maximum Gasteiger partial charge on any atom is 0.310 e. The lowest BCUT2D eigenvalue weighted by Gasteiger charge is -2.25. The number of hydrogen-bond acceptors (Lipinski definition) is 3. The minimum Gasteiger partial charge on any atom is -0.469 e. The van der Waals surface area contributed by atoms with E-state index in [1.54, 1.807) is 0 Å². The van der Waals surface area contributed by atoms with E-state index in [0.717, 1.165) is 16.5 Å². The normalized spacial score (nSPS) is 19.3. The molecule has 3 heteroatoms. The Balaban J connectivity index is 1.81. The van der Waals surface area contributed by atoms with Gasteiger partial charge in [-0.1, -0.05) is 56.7 Å². The summed E-state index contributed by atoms with van der Waals surface area (Å²) < 4.78 is 4.98. The number of benzene rings is 1. The van der Waals surface area contributed by atoms with Crippen LogP contribution in [0.1, 0.15) is 92.9 Å². The highest BCUT2D eigenvalue weighted by atomic mass is 16.5. The third-order valence-electron chi connectivity index (χ3n) is 6.61. The summed E-state index contributed by atoms with van der Waals surface area (Å²) in [6.45, 7) is 0. The molecule has 2 aliphatic carbocycles. The molecule has 2 aromatic rings. The second-order valence-corrected chi connectivity index (χ2v) is 8.37. The number of para-hydroxylation sites is 1. The lowest BCUT2D eigenvalue weighted by Crippen LogP contribution is -2.12. The SMILES string of the molecule is COC(=O)Cc1cc(C2CCCCC2)nc2c(C3CCCCC3)cccc12. The largest absolute Gasteiger partial charge is 0.469 e. The third-order valence-corrected chi connectivity index (χ3v) is 6.61. The van der Waals surface area contributed by atoms with Crippen LogP contribution in [0.3, 0.4) is 0 Å². The monoisotopic (exact) mass is 365 g/mol. The number of carbonyl (C=O) groups excluding carboxylic acids is 1. The van der Waals surface area contributed by atoms with Gasteiger partial charge in [-0.05, 0) is 48.8 Å². The van der Waals surface area contributed by atoms with Gasteiger partial charge < -0.3 is 4.74 Å². The Kier molecular flexibility index (Phi) is 5.75. The van der Waals surface area contributed by atoms with Crippen LogP contribution in [0.15, 0.2) is 24.3 Å². The molecule has 144 valence electrons. The number of esters is 1. The molecule has 0 N–H and O–H groups in total. The molecule has 1 aromatic carbocycles. The first-order valence-electron chi connectivity index (χ1n) is 10.8. The van der Waals surface area contributed by atoms with E-state index >= 15 is 0 Å². The molecule has 1 heterocycles. The summed E-state index contributed by atoms with van der Waals surface area (Å²) in [6.07, 6.45) is 13.2. The molecule has 0 saturated heterocycles. The summed E-state index contributed by atoms with van der Waals surface area (Å²) in [5.41, 5.74) is 4.83. The summed E-state index contributed by atoms with van der Waals surface area (Å²) in [6, 6.07) is 8.75. The first kappa shape index (κ1) is 18.5. The quantitative estimate of drug-likeness (QED) is 0.620. The average Bonchev–Trinajstić information content (AvgIpc) is 2.74. The summed E-state index contributed by atoms with van der Waals surface area (Å²) in [4.78, 5) is 17.3. The molecule has 0 aliphatic heterocycles. The van der Waals surface area contributed by atoms with Gasteiger partial charge in [-0.3, -0.25) is 9.78 Å². The van der Waals surface area contributed by atoms with Crippen LogP contribution < -0.4 is 0 Å². The molecule has 4 rings (SSSR count). The molecule has 2 fully saturated rings. The van der Waals surface area contributed by atoms with Crippen molar-refractivity contribution in [2.45, 2.75) is 82.5 Å². The number of nitrogens with zero attached hydrogens (tertiary/aromatic N) is 1. The maximum absolute atomic E-state index is 12.1. The fourth-order valence-corrected chi connectivity index (χ4v) is 5.09. The highest BCUT2D eigenvalue weighted by Crippen LogP contribution is 2.39. The number of methoxy groups -OCH3 is 1. The van der Waals surface area contributed by atoms with E-state index in [1.807, 2.05) is 0 Å². The first-order valence-corrected chi connectivity index (χ1v) is 10.8. The van der Waals surface area contributed by atoms with Crippen molar-refractivity contribution in [3.8, 4) is 0 Å². The van der Waals surface area contributed by atoms with Crippen molar-refractivity contribution in [1.29, 1.82) is 0 Å². The van der Waals surface area contributed by atoms with Crippen molar-refractivity contribution < 1.29 is 9.53 Å². The molecular formula is C24H31NO2. The van der Waals surface area contributed by atoms with E-state index in [1.165, 1.54) is 82.6 Å². The Morgan fingerprint density at radius 3 is 2.33 bits per heavy atom. The molecule has 27 heavy (non-hydrogen) atoms. The minimum absolute atomic E-state index is 0.167. The second kappa shape index (κ2) is 8.41. The fraction of sp³-hybridized carbons (Fsp3) is 0.583. The molecule has 3 nitrogen and oxygen atoms in total. The Morgan fingerprint density at radius 2 is 1.67 bits per heavy atom. The summed E-state index contributed by atoms with van der Waals surface area (Å²) in [7, 11) is 1.47. The molecule has 0 amide bonds. The first-order chi connectivity index (χ1) is 13.3. The van der Waals surface area contributed by atoms with Crippen LogP contribution in [0.5, 0.6) is 0 Å². The molecule has 0 spiro atoms. The number of rotatable bonds is 4. The Labute approximate surface area is 162 Å². The van der Waals surface area contributed by atoms with Gasteiger partial charge in [0.15, 0.2) is 0 Å². The van der Waals surface area contributed by atoms with Gasteiger partial charge in [0.2, 0.25) is 0 Å². The molecule has 1 aromatic heterocycles. The zero-order chi connectivity index (χ0) is 18.6. The smallest absolute Gasteiger partial charge is 0.310 e. The van der Waals surface area contributed by atoms with Crippen molar-refractivity contribution in [3.63, 3.8) is 0 Å². The topological polar surface area (TPSA) is 39.2 Å². The third kappa shape index (κ3) is 4.02. The van der Waals surface area contributed by atoms with Crippen LogP contribution >= 0.6 is 0 Å². The van der Waals surface area contributed by atoms with Crippen LogP contribution in [0, 0.1) is 0 Å². The van der Waals surface area contributed by atoms with E-state index in [0.29, 0.717) is 18.3 Å². The highest BCUT2D eigenvalue weighted by molar-refractivity contribution is 5.89. The van der Waals surface area contributed by atoms with Crippen LogP contribution in [-0.4, -0.2) is 18.1 Å². The van der Waals surface area contributed by atoms with Crippen molar-refractivity contribution in [2.75, 3.05) is 7.11 Å². The predicted octanol–water partition coefficient (Wildman–Crippen LogP) is 6.05. The van der Waals surface area contributed by atoms with Gasteiger partial charge in [0, 0.05) is 17.0 Å². The highest BCUT2D eigenvalue weighted by Gasteiger charge is 2.23. The molecule has 0 atom stereocenters. The van der Waals surface area contributed by atoms with Crippen LogP contribution in [-0.2, 0) is 16.0 Å². The van der Waals surface area contributed by atoms with Crippen LogP contribution in [0.25, 0.3) is 10.9 Å². The summed E-state index contributed by atoms with van der Waals surface area (Å²) in [5, 5.41) is 1.14. The molecule has 2 saturated carbocycles. The average molecular weight is 366 g/mol. The summed E-state index contributed by atoms with van der Waals surface area (Å²) >= 11 is 0. The lowest BCUT2D eigenvalue weighted by atomic mass is 9.82. The van der Waals surface area contributed by atoms with Gasteiger partial charge in [-0.2, -0.15) is 0 Å². The van der Waals surface area contributed by atoms with E-state index in [2.05, 4.69) is 24.3 Å². The van der Waals surface area contributed by atoms with Crippen molar-refractivity contribution in [3.05, 3.63) is 41.1 Å². The zero-order valence-corrected chi connectivity index (χ0v) is 16.5. The van der Waals surface area contributed by atoms with Gasteiger partial charge in [-0.15, -0.1) is 0 Å². The Hall–Kier alpha value is -1.90. The van der Waals surface area contributed by atoms with E-state index in [9.17, 15) is 4.79 Å². The van der Waals surface area contributed by atoms with Gasteiger partial charge in [0.25, 0.3) is 0 Å². The van der Waals surface area contributed by atoms with Crippen LogP contribution in [0.2, 0.25) is 0 Å². The number of pyridine rings is 1. The molecule has 0 unspecified atom stereocenters. The Bertz CT molecular complexity index is 801. The maximum atomic E-state index is 12.1. The fourth-order valence-electron chi connectivity index (χ4n) is 5.09. The minimum atomic E-state index is -0.167. The zero-order valence-electron chi connectivity index (χ0n) is 16.5. The van der Waals surface area contributed by atoms with E-state index in [-0.39, 0.29) is 5.97 Å². The molecule has 2 aliphatic rings. The molecular weight excluding hydrogens is 334 g/mol.